The predicted octanol–water partition coefficient (Wildman–Crippen LogP) is 1.81. The molecule has 3 N–H and O–H groups in total. The summed E-state index contributed by atoms with van der Waals surface area (Å²) in [5.74, 6) is -0.527. The van der Waals surface area contributed by atoms with Gasteiger partial charge in [-0.1, -0.05) is 30.3 Å². The van der Waals surface area contributed by atoms with Crippen LogP contribution in [0.3, 0.4) is 0 Å². The fourth-order valence-corrected chi connectivity index (χ4v) is 4.78. The quantitative estimate of drug-likeness (QED) is 0.678. The maximum absolute atomic E-state index is 13.6. The average Bonchev–Trinajstić information content (AvgIpc) is 3.09. The fraction of sp³-hybridized carbons (Fsp3) is 0.360. The molecule has 0 spiro atoms. The molecule has 9 heteroatoms. The van der Waals surface area contributed by atoms with Gasteiger partial charge >= 0.3 is 0 Å². The fourth-order valence-electron chi connectivity index (χ4n) is 4.78. The highest BCUT2D eigenvalue weighted by Gasteiger charge is 2.54. The topological polar surface area (TPSA) is 117 Å². The van der Waals surface area contributed by atoms with Crippen molar-refractivity contribution in [1.29, 1.82) is 0 Å². The molecule has 2 aromatic rings. The number of nitrogens with one attached hydrogen (secondary N) is 1. The summed E-state index contributed by atoms with van der Waals surface area (Å²) in [5, 5.41) is 2.78. The maximum atomic E-state index is 13.6. The second kappa shape index (κ2) is 9.64. The molecule has 9 nitrogen and oxygen atoms in total. The van der Waals surface area contributed by atoms with Crippen LogP contribution in [0.4, 0.5) is 5.69 Å². The van der Waals surface area contributed by atoms with Gasteiger partial charge in [-0.15, -0.1) is 0 Å². The van der Waals surface area contributed by atoms with E-state index in [-0.39, 0.29) is 36.2 Å². The number of rotatable bonds is 6. The number of likely N-dealkylation sites (N-methyl/N-ethyl adjacent to an activating group) is 1. The molecule has 3 amide bonds. The molecule has 2 aliphatic rings. The van der Waals surface area contributed by atoms with Gasteiger partial charge in [-0.25, -0.2) is 4.99 Å². The molecule has 2 heterocycles. The van der Waals surface area contributed by atoms with Gasteiger partial charge in [0, 0.05) is 44.4 Å². The Morgan fingerprint density at radius 3 is 2.47 bits per heavy atom. The van der Waals surface area contributed by atoms with E-state index in [0.717, 1.165) is 0 Å². The lowest BCUT2D eigenvalue weighted by molar-refractivity contribution is -0.133. The van der Waals surface area contributed by atoms with Crippen molar-refractivity contribution in [2.75, 3.05) is 39.2 Å². The molecule has 4 rings (SSSR count). The Labute approximate surface area is 198 Å². The van der Waals surface area contributed by atoms with Gasteiger partial charge in [-0.2, -0.15) is 0 Å². The number of piperidine rings is 1. The van der Waals surface area contributed by atoms with Crippen molar-refractivity contribution < 1.29 is 19.1 Å². The van der Waals surface area contributed by atoms with Crippen molar-refractivity contribution in [3.63, 3.8) is 0 Å². The van der Waals surface area contributed by atoms with Gasteiger partial charge in [-0.05, 0) is 42.7 Å². The predicted molar refractivity (Wildman–Crippen MR) is 128 cm³/mol. The van der Waals surface area contributed by atoms with Crippen molar-refractivity contribution in [2.45, 2.75) is 18.4 Å². The summed E-state index contributed by atoms with van der Waals surface area (Å²) in [6.07, 6.45) is 1.18. The number of hydrogen-bond acceptors (Lipinski definition) is 6. The van der Waals surface area contributed by atoms with Crippen LogP contribution >= 0.6 is 0 Å². The first kappa shape index (κ1) is 23.4. The van der Waals surface area contributed by atoms with Crippen molar-refractivity contribution in [2.24, 2.45) is 16.6 Å². The van der Waals surface area contributed by atoms with Crippen LogP contribution < -0.4 is 11.1 Å². The molecule has 0 bridgehead atoms. The Bertz CT molecular complexity index is 1110. The summed E-state index contributed by atoms with van der Waals surface area (Å²) in [6, 6.07) is 16.3. The third-order valence-corrected chi connectivity index (χ3v) is 6.52. The summed E-state index contributed by atoms with van der Waals surface area (Å²) < 4.78 is 4.88. The molecular weight excluding hydrogens is 434 g/mol. The van der Waals surface area contributed by atoms with Crippen molar-refractivity contribution >= 4 is 29.4 Å². The van der Waals surface area contributed by atoms with E-state index in [1.807, 2.05) is 29.2 Å². The van der Waals surface area contributed by atoms with Gasteiger partial charge < -0.3 is 20.7 Å². The van der Waals surface area contributed by atoms with Gasteiger partial charge in [0.15, 0.2) is 11.5 Å². The monoisotopic (exact) mass is 463 g/mol. The van der Waals surface area contributed by atoms with Crippen LogP contribution in [-0.4, -0.2) is 67.3 Å². The highest BCUT2D eigenvalue weighted by atomic mass is 16.5. The van der Waals surface area contributed by atoms with E-state index in [4.69, 9.17) is 15.5 Å². The van der Waals surface area contributed by atoms with Gasteiger partial charge in [0.05, 0.1) is 0 Å². The highest BCUT2D eigenvalue weighted by molar-refractivity contribution is 6.07. The number of benzene rings is 2. The Kier molecular flexibility index (Phi) is 6.65. The van der Waals surface area contributed by atoms with Crippen LogP contribution in [0.25, 0.3) is 0 Å². The van der Waals surface area contributed by atoms with Gasteiger partial charge in [0.25, 0.3) is 11.8 Å². The first-order valence-corrected chi connectivity index (χ1v) is 11.2. The Balaban J connectivity index is 1.61. The van der Waals surface area contributed by atoms with Gasteiger partial charge in [0.1, 0.15) is 6.61 Å². The largest absolute Gasteiger partial charge is 0.375 e. The number of methoxy groups -OCH3 is 1. The molecule has 34 heavy (non-hydrogen) atoms. The number of likely N-dealkylation sites (tertiary alicyclic amines) is 1. The minimum absolute atomic E-state index is 0.0196. The number of guanidine groups is 1. The van der Waals surface area contributed by atoms with Crippen LogP contribution in [0.15, 0.2) is 59.6 Å². The smallest absolute Gasteiger partial charge is 0.261 e. The number of anilines is 1. The van der Waals surface area contributed by atoms with E-state index in [0.29, 0.717) is 42.7 Å². The van der Waals surface area contributed by atoms with E-state index in [2.05, 4.69) is 5.32 Å². The summed E-state index contributed by atoms with van der Waals surface area (Å²) in [7, 11) is 3.06. The van der Waals surface area contributed by atoms with Crippen LogP contribution in [0, 0.1) is 5.92 Å². The molecule has 178 valence electrons. The molecule has 1 saturated heterocycles. The maximum Gasteiger partial charge on any atom is 0.261 e. The van der Waals surface area contributed by atoms with Crippen molar-refractivity contribution in [1.82, 2.24) is 9.80 Å². The van der Waals surface area contributed by atoms with Gasteiger partial charge in [-0.3, -0.25) is 19.3 Å². The highest BCUT2D eigenvalue weighted by Crippen LogP contribution is 2.44. The van der Waals surface area contributed by atoms with E-state index >= 15 is 0 Å². The summed E-state index contributed by atoms with van der Waals surface area (Å²) in [6.45, 7) is 0.948. The standard InChI is InChI=1S/C25H29N5O4/c1-29-23(33)25(28-24(29)26,19-9-6-10-20(15-19)27-21(31)16-34-2)18-11-13-30(14-12-18)22(32)17-7-4-3-5-8-17/h3-10,15,18H,11-14,16H2,1-2H3,(H2,26,28)(H,27,31). The second-order valence-corrected chi connectivity index (χ2v) is 8.60. The van der Waals surface area contributed by atoms with Crippen LogP contribution in [0.5, 0.6) is 0 Å². The summed E-state index contributed by atoms with van der Waals surface area (Å²) in [5.41, 5.74) is 6.75. The lowest BCUT2D eigenvalue weighted by atomic mass is 9.73. The number of amides is 3. The minimum atomic E-state index is -1.21. The second-order valence-electron chi connectivity index (χ2n) is 8.60. The van der Waals surface area contributed by atoms with E-state index in [1.54, 1.807) is 37.4 Å². The van der Waals surface area contributed by atoms with Gasteiger partial charge in [0.2, 0.25) is 5.91 Å². The molecule has 1 unspecified atom stereocenters. The average molecular weight is 464 g/mol. The molecule has 1 fully saturated rings. The minimum Gasteiger partial charge on any atom is -0.375 e. The lowest BCUT2D eigenvalue weighted by Crippen LogP contribution is -2.49. The number of ether oxygens (including phenoxy) is 1. The molecule has 2 aromatic carbocycles. The number of aliphatic imine (C=N–C) groups is 1. The summed E-state index contributed by atoms with van der Waals surface area (Å²) in [4.78, 5) is 46.3. The third-order valence-electron chi connectivity index (χ3n) is 6.52. The van der Waals surface area contributed by atoms with Crippen LogP contribution in [-0.2, 0) is 19.9 Å². The third kappa shape index (κ3) is 4.26. The normalized spacial score (nSPS) is 20.9. The van der Waals surface area contributed by atoms with E-state index in [9.17, 15) is 14.4 Å². The molecule has 0 aliphatic carbocycles. The number of nitrogens with zero attached hydrogens (tertiary/aromatic N) is 3. The Morgan fingerprint density at radius 1 is 1.15 bits per heavy atom. The zero-order valence-corrected chi connectivity index (χ0v) is 19.4. The molecule has 2 aliphatic heterocycles. The molecule has 0 aromatic heterocycles. The van der Waals surface area contributed by atoms with Crippen molar-refractivity contribution in [3.05, 3.63) is 65.7 Å². The zero-order chi connectivity index (χ0) is 24.3. The number of hydrogen-bond donors (Lipinski definition) is 2. The van der Waals surface area contributed by atoms with E-state index in [1.165, 1.54) is 12.0 Å². The molecular formula is C25H29N5O4. The SMILES string of the molecule is COCC(=O)Nc1cccc(C2(C3CCN(C(=O)c4ccccc4)CC3)N=C(N)N(C)C2=O)c1. The number of carbonyl (C=O) groups excluding carboxylic acids is 3. The number of nitrogens with two attached hydrogens (primary N) is 1. The Morgan fingerprint density at radius 2 is 1.85 bits per heavy atom. The molecule has 0 radical (unpaired) electrons. The number of carbonyl (C=O) groups is 3. The van der Waals surface area contributed by atoms with E-state index < -0.39 is 5.54 Å². The lowest BCUT2D eigenvalue weighted by Gasteiger charge is -2.40. The van der Waals surface area contributed by atoms with Crippen LogP contribution in [0.2, 0.25) is 0 Å². The van der Waals surface area contributed by atoms with Crippen LogP contribution in [0.1, 0.15) is 28.8 Å². The Hall–Kier alpha value is -3.72. The first-order valence-electron chi connectivity index (χ1n) is 11.2. The molecule has 1 atom stereocenters. The van der Waals surface area contributed by atoms with Crippen molar-refractivity contribution in [3.8, 4) is 0 Å². The first-order chi connectivity index (χ1) is 16.4. The molecule has 0 saturated carbocycles. The summed E-state index contributed by atoms with van der Waals surface area (Å²) >= 11 is 0. The zero-order valence-electron chi connectivity index (χ0n) is 19.4.